The van der Waals surface area contributed by atoms with Crippen LogP contribution in [-0.4, -0.2) is 42.5 Å². The van der Waals surface area contributed by atoms with Gasteiger partial charge in [-0.15, -0.1) is 0 Å². The summed E-state index contributed by atoms with van der Waals surface area (Å²) in [5, 5.41) is 15.4. The maximum atomic E-state index is 12.4. The fourth-order valence-corrected chi connectivity index (χ4v) is 4.97. The number of nitrogens with one attached hydrogen (secondary N) is 2. The molecule has 5 heteroatoms. The van der Waals surface area contributed by atoms with Crippen LogP contribution in [0.25, 0.3) is 0 Å². The summed E-state index contributed by atoms with van der Waals surface area (Å²) in [6.45, 7) is 5.09. The molecule has 4 atom stereocenters. The highest BCUT2D eigenvalue weighted by atomic mass is 16.5. The van der Waals surface area contributed by atoms with E-state index in [1.54, 1.807) is 0 Å². The molecule has 126 valence electrons. The Labute approximate surface area is 133 Å². The van der Waals surface area contributed by atoms with Gasteiger partial charge in [-0.3, -0.25) is 0 Å². The number of carbonyl (C=O) groups excluding carboxylic acids is 1. The van der Waals surface area contributed by atoms with Crippen molar-refractivity contribution < 1.29 is 14.6 Å². The molecule has 1 saturated heterocycles. The third-order valence-electron chi connectivity index (χ3n) is 6.13. The topological polar surface area (TPSA) is 70.6 Å². The lowest BCUT2D eigenvalue weighted by Gasteiger charge is -2.56. The van der Waals surface area contributed by atoms with Crippen molar-refractivity contribution in [3.05, 3.63) is 0 Å². The molecule has 1 aliphatic heterocycles. The average molecular weight is 310 g/mol. The predicted molar refractivity (Wildman–Crippen MR) is 84.5 cm³/mol. The van der Waals surface area contributed by atoms with Crippen molar-refractivity contribution in [3.8, 4) is 0 Å². The minimum Gasteiger partial charge on any atom is -0.396 e. The second-order valence-corrected chi connectivity index (χ2v) is 7.64. The molecule has 1 heterocycles. The molecule has 0 aromatic carbocycles. The number of fused-ring (bicyclic) bond motifs is 2. The number of aliphatic hydroxyl groups excluding tert-OH is 1. The Hall–Kier alpha value is -0.810. The Balaban J connectivity index is 1.60. The molecule has 3 N–H and O–H groups in total. The first kappa shape index (κ1) is 16.1. The number of aliphatic hydroxyl groups is 1. The zero-order valence-electron chi connectivity index (χ0n) is 13.8. The number of hydrogen-bond donors (Lipinski definition) is 3. The molecular formula is C17H30N2O3. The third-order valence-corrected chi connectivity index (χ3v) is 6.13. The van der Waals surface area contributed by atoms with E-state index in [4.69, 9.17) is 9.84 Å². The maximum absolute atomic E-state index is 12.4. The first-order chi connectivity index (χ1) is 10.6. The summed E-state index contributed by atoms with van der Waals surface area (Å²) in [5.74, 6) is 0.821. The van der Waals surface area contributed by atoms with Crippen LogP contribution in [0.4, 0.5) is 4.79 Å². The number of rotatable bonds is 5. The quantitative estimate of drug-likeness (QED) is 0.728. The molecule has 0 radical (unpaired) electrons. The van der Waals surface area contributed by atoms with Crippen molar-refractivity contribution in [1.82, 2.24) is 10.6 Å². The largest absolute Gasteiger partial charge is 0.396 e. The summed E-state index contributed by atoms with van der Waals surface area (Å²) in [6, 6.07) is 0.221. The van der Waals surface area contributed by atoms with Gasteiger partial charge in [-0.05, 0) is 31.6 Å². The Morgan fingerprint density at radius 1 is 1.36 bits per heavy atom. The Kier molecular flexibility index (Phi) is 4.64. The van der Waals surface area contributed by atoms with E-state index in [0.717, 1.165) is 13.0 Å². The number of ether oxygens (including phenoxy) is 1. The second-order valence-electron chi connectivity index (χ2n) is 7.64. The van der Waals surface area contributed by atoms with Crippen LogP contribution in [-0.2, 0) is 4.74 Å². The molecular weight excluding hydrogens is 280 g/mol. The summed E-state index contributed by atoms with van der Waals surface area (Å²) in [5.41, 5.74) is 0.197. The molecule has 2 saturated carbocycles. The van der Waals surface area contributed by atoms with Gasteiger partial charge in [0.05, 0.1) is 6.10 Å². The summed E-state index contributed by atoms with van der Waals surface area (Å²) in [7, 11) is 0. The highest BCUT2D eigenvalue weighted by Crippen LogP contribution is 2.60. The monoisotopic (exact) mass is 310 g/mol. The highest BCUT2D eigenvalue weighted by Gasteiger charge is 2.65. The Morgan fingerprint density at radius 3 is 2.73 bits per heavy atom. The van der Waals surface area contributed by atoms with E-state index in [0.29, 0.717) is 24.4 Å². The molecule has 0 aromatic heterocycles. The predicted octanol–water partition coefficient (Wildman–Crippen LogP) is 2.04. The SMILES string of the molecule is CC(C)C(CCO)NC(=O)NC1C2CCOC2C12CCCC2. The first-order valence-electron chi connectivity index (χ1n) is 8.88. The standard InChI is InChI=1S/C17H30N2O3/c1-11(2)13(5-9-20)18-16(21)19-14-12-6-10-22-15(12)17(14)7-3-4-8-17/h11-15,20H,3-10H2,1-2H3,(H2,18,19,21). The van der Waals surface area contributed by atoms with Crippen LogP contribution in [0.1, 0.15) is 52.4 Å². The van der Waals surface area contributed by atoms with Crippen molar-refractivity contribution >= 4 is 6.03 Å². The molecule has 3 fully saturated rings. The lowest BCUT2D eigenvalue weighted by molar-refractivity contribution is -0.126. The molecule has 4 unspecified atom stereocenters. The smallest absolute Gasteiger partial charge is 0.315 e. The van der Waals surface area contributed by atoms with Crippen LogP contribution in [0.5, 0.6) is 0 Å². The zero-order chi connectivity index (χ0) is 15.7. The average Bonchev–Trinajstić information content (AvgIpc) is 3.12. The van der Waals surface area contributed by atoms with Crippen LogP contribution in [0.15, 0.2) is 0 Å². The van der Waals surface area contributed by atoms with E-state index in [1.807, 2.05) is 0 Å². The van der Waals surface area contributed by atoms with Gasteiger partial charge in [0.1, 0.15) is 0 Å². The van der Waals surface area contributed by atoms with Crippen LogP contribution < -0.4 is 10.6 Å². The van der Waals surface area contributed by atoms with Crippen molar-refractivity contribution in [2.75, 3.05) is 13.2 Å². The molecule has 2 aliphatic carbocycles. The van der Waals surface area contributed by atoms with Gasteiger partial charge < -0.3 is 20.5 Å². The third kappa shape index (κ3) is 2.62. The minimum atomic E-state index is -0.0752. The van der Waals surface area contributed by atoms with Gasteiger partial charge in [-0.2, -0.15) is 0 Å². The van der Waals surface area contributed by atoms with Crippen LogP contribution in [0.3, 0.4) is 0 Å². The van der Waals surface area contributed by atoms with Crippen molar-refractivity contribution in [3.63, 3.8) is 0 Å². The molecule has 22 heavy (non-hydrogen) atoms. The van der Waals surface area contributed by atoms with Crippen LogP contribution in [0.2, 0.25) is 0 Å². The van der Waals surface area contributed by atoms with Gasteiger partial charge in [-0.25, -0.2) is 4.79 Å². The van der Waals surface area contributed by atoms with Crippen molar-refractivity contribution in [1.29, 1.82) is 0 Å². The van der Waals surface area contributed by atoms with Crippen LogP contribution >= 0.6 is 0 Å². The first-order valence-corrected chi connectivity index (χ1v) is 8.88. The molecule has 3 rings (SSSR count). The van der Waals surface area contributed by atoms with Gasteiger partial charge in [0.25, 0.3) is 0 Å². The van der Waals surface area contributed by atoms with E-state index in [1.165, 1.54) is 25.7 Å². The van der Waals surface area contributed by atoms with Gasteiger partial charge in [0, 0.05) is 36.6 Å². The van der Waals surface area contributed by atoms with Crippen LogP contribution in [0, 0.1) is 17.3 Å². The van der Waals surface area contributed by atoms with Gasteiger partial charge in [0.15, 0.2) is 0 Å². The summed E-state index contributed by atoms with van der Waals surface area (Å²) >= 11 is 0. The number of urea groups is 1. The normalized spacial score (nSPS) is 33.5. The van der Waals surface area contributed by atoms with Gasteiger partial charge >= 0.3 is 6.03 Å². The lowest BCUT2D eigenvalue weighted by atomic mass is 9.54. The number of amides is 2. The lowest BCUT2D eigenvalue weighted by Crippen LogP contribution is -2.69. The van der Waals surface area contributed by atoms with Crippen molar-refractivity contribution in [2.24, 2.45) is 17.3 Å². The van der Waals surface area contributed by atoms with E-state index in [2.05, 4.69) is 24.5 Å². The summed E-state index contributed by atoms with van der Waals surface area (Å²) in [4.78, 5) is 12.4. The van der Waals surface area contributed by atoms with Gasteiger partial charge in [-0.1, -0.05) is 26.7 Å². The molecule has 2 amide bonds. The maximum Gasteiger partial charge on any atom is 0.315 e. The molecule has 5 nitrogen and oxygen atoms in total. The second kappa shape index (κ2) is 6.36. The van der Waals surface area contributed by atoms with Crippen molar-refractivity contribution in [2.45, 2.75) is 70.6 Å². The highest BCUT2D eigenvalue weighted by molar-refractivity contribution is 5.75. The number of carbonyl (C=O) groups is 1. The van der Waals surface area contributed by atoms with E-state index in [-0.39, 0.29) is 30.1 Å². The Morgan fingerprint density at radius 2 is 2.09 bits per heavy atom. The van der Waals surface area contributed by atoms with E-state index < -0.39 is 0 Å². The molecule has 0 bridgehead atoms. The summed E-state index contributed by atoms with van der Waals surface area (Å²) in [6.07, 6.45) is 6.93. The summed E-state index contributed by atoms with van der Waals surface area (Å²) < 4.78 is 5.95. The Bertz CT molecular complexity index is 407. The molecule has 1 spiro atoms. The molecule has 3 aliphatic rings. The minimum absolute atomic E-state index is 0.0280. The fraction of sp³-hybridized carbons (Fsp3) is 0.941. The van der Waals surface area contributed by atoms with Gasteiger partial charge in [0.2, 0.25) is 0 Å². The number of hydrogen-bond acceptors (Lipinski definition) is 3. The van der Waals surface area contributed by atoms with E-state index >= 15 is 0 Å². The zero-order valence-corrected chi connectivity index (χ0v) is 13.8. The fourth-order valence-electron chi connectivity index (χ4n) is 4.97. The molecule has 0 aromatic rings. The van der Waals surface area contributed by atoms with E-state index in [9.17, 15) is 4.79 Å².